The summed E-state index contributed by atoms with van der Waals surface area (Å²) >= 11 is 1.23. The Morgan fingerprint density at radius 2 is 1.74 bits per heavy atom. The van der Waals surface area contributed by atoms with Crippen LogP contribution >= 0.6 is 11.3 Å². The van der Waals surface area contributed by atoms with Crippen molar-refractivity contribution in [1.29, 1.82) is 0 Å². The van der Waals surface area contributed by atoms with E-state index in [1.54, 1.807) is 0 Å². The molecule has 7 nitrogen and oxygen atoms in total. The number of aromatic nitrogens is 1. The molecule has 0 bridgehead atoms. The molecule has 0 saturated carbocycles. The Morgan fingerprint density at radius 3 is 2.32 bits per heavy atom. The topological polar surface area (TPSA) is 97.4 Å². The quantitative estimate of drug-likeness (QED) is 0.510. The lowest BCUT2D eigenvalue weighted by molar-refractivity contribution is -0.274. The van der Waals surface area contributed by atoms with Crippen molar-refractivity contribution in [2.24, 2.45) is 0 Å². The molecule has 0 aliphatic rings. The van der Waals surface area contributed by atoms with Crippen molar-refractivity contribution < 1.29 is 31.1 Å². The number of nitrogens with zero attached hydrogens (tertiary/aromatic N) is 1. The van der Waals surface area contributed by atoms with Gasteiger partial charge in [0.15, 0.2) is 0 Å². The molecule has 0 spiro atoms. The van der Waals surface area contributed by atoms with Crippen molar-refractivity contribution in [1.82, 2.24) is 15.2 Å². The predicted molar refractivity (Wildman–Crippen MR) is 108 cm³/mol. The maximum absolute atomic E-state index is 12.2. The standard InChI is InChI=1S/C19H16F3N3O4S2/c1-2-12-3-5-13(6-4-12)18-23-16(11-30-18)17(26)24-25-31(27,28)15-9-7-14(8-10-15)29-19(20,21)22/h3-11,25H,2H2,1H3,(H,24,26). The first-order valence-electron chi connectivity index (χ1n) is 8.80. The molecule has 3 aromatic rings. The van der Waals surface area contributed by atoms with Crippen LogP contribution in [0.3, 0.4) is 0 Å². The molecule has 0 saturated heterocycles. The first-order valence-corrected chi connectivity index (χ1v) is 11.2. The monoisotopic (exact) mass is 471 g/mol. The fourth-order valence-electron chi connectivity index (χ4n) is 2.45. The van der Waals surface area contributed by atoms with E-state index < -0.39 is 28.0 Å². The molecule has 0 aliphatic carbocycles. The summed E-state index contributed by atoms with van der Waals surface area (Å²) in [6, 6.07) is 11.2. The molecular formula is C19H16F3N3O4S2. The van der Waals surface area contributed by atoms with Crippen LogP contribution in [0, 0.1) is 0 Å². The van der Waals surface area contributed by atoms with Gasteiger partial charge in [-0.3, -0.25) is 10.2 Å². The Bertz CT molecular complexity index is 1160. The van der Waals surface area contributed by atoms with Gasteiger partial charge >= 0.3 is 6.36 Å². The van der Waals surface area contributed by atoms with E-state index in [-0.39, 0.29) is 10.6 Å². The largest absolute Gasteiger partial charge is 0.573 e. The highest BCUT2D eigenvalue weighted by molar-refractivity contribution is 7.89. The van der Waals surface area contributed by atoms with Crippen LogP contribution in [0.2, 0.25) is 0 Å². The van der Waals surface area contributed by atoms with E-state index in [4.69, 9.17) is 0 Å². The van der Waals surface area contributed by atoms with Crippen LogP contribution in [0.4, 0.5) is 13.2 Å². The van der Waals surface area contributed by atoms with Crippen LogP contribution in [-0.2, 0) is 16.4 Å². The van der Waals surface area contributed by atoms with Crippen molar-refractivity contribution in [3.05, 3.63) is 65.2 Å². The number of amides is 1. The number of benzene rings is 2. The SMILES string of the molecule is CCc1ccc(-c2nc(C(=O)NNS(=O)(=O)c3ccc(OC(F)(F)F)cc3)cs2)cc1. The maximum atomic E-state index is 12.2. The second kappa shape index (κ2) is 9.04. The normalized spacial score (nSPS) is 11.9. The van der Waals surface area contributed by atoms with Crippen LogP contribution < -0.4 is 15.0 Å². The lowest BCUT2D eigenvalue weighted by atomic mass is 10.1. The number of nitrogens with one attached hydrogen (secondary N) is 2. The summed E-state index contributed by atoms with van der Waals surface area (Å²) in [6.45, 7) is 2.03. The molecule has 0 atom stereocenters. The minimum absolute atomic E-state index is 0.0104. The van der Waals surface area contributed by atoms with Crippen molar-refractivity contribution in [2.45, 2.75) is 24.6 Å². The van der Waals surface area contributed by atoms with Crippen LogP contribution in [0.15, 0.2) is 58.8 Å². The molecule has 2 N–H and O–H groups in total. The number of ether oxygens (including phenoxy) is 1. The third-order valence-corrected chi connectivity index (χ3v) is 6.17. The van der Waals surface area contributed by atoms with Crippen LogP contribution in [0.5, 0.6) is 5.75 Å². The van der Waals surface area contributed by atoms with Crippen molar-refractivity contribution in [3.8, 4) is 16.3 Å². The van der Waals surface area contributed by atoms with Gasteiger partial charge in [-0.15, -0.1) is 29.3 Å². The highest BCUT2D eigenvalue weighted by atomic mass is 32.2. The summed E-state index contributed by atoms with van der Waals surface area (Å²) in [5, 5.41) is 2.08. The zero-order valence-electron chi connectivity index (χ0n) is 15.9. The number of aryl methyl sites for hydroxylation is 1. The molecule has 12 heteroatoms. The molecule has 1 amide bonds. The highest BCUT2D eigenvalue weighted by Gasteiger charge is 2.31. The van der Waals surface area contributed by atoms with Crippen molar-refractivity contribution in [3.63, 3.8) is 0 Å². The average Bonchev–Trinajstić information content (AvgIpc) is 3.22. The third-order valence-electron chi connectivity index (χ3n) is 4.01. The first kappa shape index (κ1) is 22.7. The Hall–Kier alpha value is -2.96. The van der Waals surface area contributed by atoms with Gasteiger partial charge in [-0.25, -0.2) is 13.4 Å². The number of hydrogen-bond acceptors (Lipinski definition) is 6. The molecular weight excluding hydrogens is 455 g/mol. The van der Waals surface area contributed by atoms with E-state index in [2.05, 4.69) is 9.72 Å². The summed E-state index contributed by atoms with van der Waals surface area (Å²) in [4.78, 5) is 18.0. The molecule has 0 radical (unpaired) electrons. The zero-order valence-corrected chi connectivity index (χ0v) is 17.6. The van der Waals surface area contributed by atoms with Crippen molar-refractivity contribution >= 4 is 27.3 Å². The molecule has 2 aromatic carbocycles. The number of carbonyl (C=O) groups excluding carboxylic acids is 1. The minimum atomic E-state index is -4.89. The summed E-state index contributed by atoms with van der Waals surface area (Å²) in [7, 11) is -4.22. The molecule has 164 valence electrons. The van der Waals surface area contributed by atoms with Crippen molar-refractivity contribution in [2.75, 3.05) is 0 Å². The fourth-order valence-corrected chi connectivity index (χ4v) is 4.10. The number of alkyl halides is 3. The van der Waals surface area contributed by atoms with Gasteiger partial charge in [-0.05, 0) is 36.2 Å². The molecule has 31 heavy (non-hydrogen) atoms. The Kier molecular flexibility index (Phi) is 6.62. The molecule has 1 aromatic heterocycles. The van der Waals surface area contributed by atoms with E-state index in [9.17, 15) is 26.4 Å². The maximum Gasteiger partial charge on any atom is 0.573 e. The molecule has 0 unspecified atom stereocenters. The van der Waals surface area contributed by atoms with E-state index in [0.29, 0.717) is 5.01 Å². The Morgan fingerprint density at radius 1 is 1.10 bits per heavy atom. The predicted octanol–water partition coefficient (Wildman–Crippen LogP) is 3.89. The smallest absolute Gasteiger partial charge is 0.406 e. The number of sulfonamides is 1. The second-order valence-corrected chi connectivity index (χ2v) is 8.71. The van der Waals surface area contributed by atoms with Gasteiger partial charge in [-0.2, -0.15) is 0 Å². The van der Waals surface area contributed by atoms with E-state index in [1.807, 2.05) is 41.4 Å². The number of thiazole rings is 1. The summed E-state index contributed by atoms with van der Waals surface area (Å²) in [5.41, 5.74) is 4.02. The number of halogens is 3. The van der Waals surface area contributed by atoms with Gasteiger partial charge in [0.2, 0.25) is 0 Å². The number of rotatable bonds is 7. The van der Waals surface area contributed by atoms with E-state index in [1.165, 1.54) is 16.7 Å². The van der Waals surface area contributed by atoms with Crippen LogP contribution in [-0.4, -0.2) is 25.7 Å². The Balaban J connectivity index is 1.64. The molecule has 0 aliphatic heterocycles. The van der Waals surface area contributed by atoms with Gasteiger partial charge in [0.05, 0.1) is 4.90 Å². The summed E-state index contributed by atoms with van der Waals surface area (Å²) < 4.78 is 64.7. The zero-order chi connectivity index (χ0) is 22.6. The number of hydrogen-bond donors (Lipinski definition) is 2. The molecule has 3 rings (SSSR count). The Labute approximate surface area is 179 Å². The highest BCUT2D eigenvalue weighted by Crippen LogP contribution is 2.25. The number of carbonyl (C=O) groups is 1. The third kappa shape index (κ3) is 6.03. The number of hydrazine groups is 1. The van der Waals surface area contributed by atoms with Crippen LogP contribution in [0.1, 0.15) is 23.0 Å². The average molecular weight is 471 g/mol. The van der Waals surface area contributed by atoms with Gasteiger partial charge in [0.25, 0.3) is 15.9 Å². The fraction of sp³-hybridized carbons (Fsp3) is 0.158. The van der Waals surface area contributed by atoms with Crippen LogP contribution in [0.25, 0.3) is 10.6 Å². The van der Waals surface area contributed by atoms with Gasteiger partial charge in [-0.1, -0.05) is 31.2 Å². The molecule has 0 fully saturated rings. The lowest BCUT2D eigenvalue weighted by Gasteiger charge is -2.10. The molecule has 1 heterocycles. The van der Waals surface area contributed by atoms with Gasteiger partial charge in [0.1, 0.15) is 16.5 Å². The minimum Gasteiger partial charge on any atom is -0.406 e. The first-order chi connectivity index (χ1) is 14.6. The van der Waals surface area contributed by atoms with Gasteiger partial charge < -0.3 is 4.74 Å². The lowest BCUT2D eigenvalue weighted by Crippen LogP contribution is -2.41. The summed E-state index contributed by atoms with van der Waals surface area (Å²) in [5.74, 6) is -1.36. The van der Waals surface area contributed by atoms with E-state index >= 15 is 0 Å². The summed E-state index contributed by atoms with van der Waals surface area (Å²) in [6.07, 6.45) is -4.00. The van der Waals surface area contributed by atoms with E-state index in [0.717, 1.165) is 41.8 Å². The van der Waals surface area contributed by atoms with Gasteiger partial charge in [0, 0.05) is 10.9 Å². The second-order valence-electron chi connectivity index (χ2n) is 6.17.